The number of nitrogens with zero attached hydrogens (tertiary/aromatic N) is 1. The molecule has 0 aliphatic rings. The second-order valence-electron chi connectivity index (χ2n) is 4.13. The number of hydrogen-bond donors (Lipinski definition) is 2. The van der Waals surface area contributed by atoms with E-state index in [1.54, 1.807) is 18.2 Å². The third kappa shape index (κ3) is 5.75. The van der Waals surface area contributed by atoms with Crippen molar-refractivity contribution in [3.05, 3.63) is 64.7 Å². The molecule has 0 bridgehead atoms. The zero-order valence-corrected chi connectivity index (χ0v) is 13.2. The minimum Gasteiger partial charge on any atom is -0.258 e. The van der Waals surface area contributed by atoms with Crippen molar-refractivity contribution < 1.29 is 21.8 Å². The Balaban J connectivity index is 0.000000238. The fourth-order valence-electron chi connectivity index (χ4n) is 1.46. The highest BCUT2D eigenvalue weighted by Crippen LogP contribution is 2.20. The predicted molar refractivity (Wildman–Crippen MR) is 82.3 cm³/mol. The molecule has 0 aromatic heterocycles. The van der Waals surface area contributed by atoms with Gasteiger partial charge in [-0.25, -0.2) is 27.1 Å². The van der Waals surface area contributed by atoms with Gasteiger partial charge in [0.15, 0.2) is 4.90 Å². The lowest BCUT2D eigenvalue weighted by molar-refractivity contribution is -0.387. The predicted octanol–water partition coefficient (Wildman–Crippen LogP) is 0.576. The number of benzene rings is 2. The van der Waals surface area contributed by atoms with Crippen LogP contribution in [0.1, 0.15) is 0 Å². The Morgan fingerprint density at radius 3 is 1.61 bits per heavy atom. The molecule has 9 nitrogen and oxygen atoms in total. The number of primary sulfonamides is 2. The van der Waals surface area contributed by atoms with Gasteiger partial charge in [0.05, 0.1) is 9.82 Å². The summed E-state index contributed by atoms with van der Waals surface area (Å²) in [6.07, 6.45) is 0. The standard InChI is InChI=1S/C6H6N2O4S.C6H7NO2S/c7-13(11,12)6-4-2-1-3-5(6)8(9)10;7-10(8,9)6-4-2-1-3-5-6/h1-4H,(H2,7,11,12);1-5H,(H2,7,8,9). The second kappa shape index (κ2) is 7.28. The number of nitro groups is 1. The quantitative estimate of drug-likeness (QED) is 0.601. The van der Waals surface area contributed by atoms with Crippen LogP contribution in [-0.2, 0) is 20.0 Å². The van der Waals surface area contributed by atoms with Gasteiger partial charge in [0.1, 0.15) is 0 Å². The normalized spacial score (nSPS) is 11.2. The van der Waals surface area contributed by atoms with Gasteiger partial charge in [-0.15, -0.1) is 0 Å². The molecule has 2 rings (SSSR count). The number of nitrogens with two attached hydrogens (primary N) is 2. The SMILES string of the molecule is NS(=O)(=O)c1ccccc1.NS(=O)(=O)c1ccccc1[N+](=O)[O-]. The van der Waals surface area contributed by atoms with Crippen LogP contribution in [0, 0.1) is 10.1 Å². The van der Waals surface area contributed by atoms with E-state index in [2.05, 4.69) is 0 Å². The average molecular weight is 359 g/mol. The van der Waals surface area contributed by atoms with Gasteiger partial charge in [-0.1, -0.05) is 30.3 Å². The molecule has 0 radical (unpaired) electrons. The van der Waals surface area contributed by atoms with E-state index >= 15 is 0 Å². The molecular formula is C12H13N3O6S2. The molecule has 0 saturated carbocycles. The van der Waals surface area contributed by atoms with Crippen LogP contribution in [0.25, 0.3) is 0 Å². The number of rotatable bonds is 3. The lowest BCUT2D eigenvalue weighted by Crippen LogP contribution is -2.13. The summed E-state index contributed by atoms with van der Waals surface area (Å²) in [7, 11) is -7.52. The summed E-state index contributed by atoms with van der Waals surface area (Å²) in [4.78, 5) is 9.24. The molecule has 23 heavy (non-hydrogen) atoms. The molecule has 0 aliphatic carbocycles. The molecule has 0 unspecified atom stereocenters. The Kier molecular flexibility index (Phi) is 5.92. The minimum atomic E-state index is -4.02. The molecule has 11 heteroatoms. The molecule has 0 amide bonds. The summed E-state index contributed by atoms with van der Waals surface area (Å²) < 4.78 is 42.9. The Morgan fingerprint density at radius 2 is 1.26 bits per heavy atom. The lowest BCUT2D eigenvalue weighted by atomic mass is 10.3. The molecule has 0 atom stereocenters. The summed E-state index contributed by atoms with van der Waals surface area (Å²) >= 11 is 0. The van der Waals surface area contributed by atoms with Gasteiger partial charge in [-0.3, -0.25) is 10.1 Å². The van der Waals surface area contributed by atoms with E-state index in [1.165, 1.54) is 24.3 Å². The van der Waals surface area contributed by atoms with E-state index in [9.17, 15) is 26.9 Å². The van der Waals surface area contributed by atoms with E-state index in [1.807, 2.05) is 0 Å². The Bertz CT molecular complexity index is 895. The van der Waals surface area contributed by atoms with Gasteiger partial charge in [0.2, 0.25) is 20.0 Å². The highest BCUT2D eigenvalue weighted by molar-refractivity contribution is 7.89. The van der Waals surface area contributed by atoms with Crippen LogP contribution < -0.4 is 10.3 Å². The first-order valence-electron chi connectivity index (χ1n) is 5.87. The van der Waals surface area contributed by atoms with Gasteiger partial charge in [0, 0.05) is 6.07 Å². The molecule has 2 aromatic rings. The van der Waals surface area contributed by atoms with Crippen LogP contribution in [0.15, 0.2) is 64.4 Å². The van der Waals surface area contributed by atoms with Gasteiger partial charge in [0.25, 0.3) is 5.69 Å². The maximum atomic E-state index is 10.8. The third-order valence-corrected chi connectivity index (χ3v) is 4.33. The highest BCUT2D eigenvalue weighted by Gasteiger charge is 2.20. The van der Waals surface area contributed by atoms with Crippen molar-refractivity contribution in [1.82, 2.24) is 0 Å². The zero-order valence-electron chi connectivity index (χ0n) is 11.6. The number of hydrogen-bond acceptors (Lipinski definition) is 6. The molecule has 0 aliphatic heterocycles. The smallest absolute Gasteiger partial charge is 0.258 e. The van der Waals surface area contributed by atoms with Crippen LogP contribution in [0.2, 0.25) is 0 Å². The van der Waals surface area contributed by atoms with Crippen molar-refractivity contribution in [3.8, 4) is 0 Å². The largest absolute Gasteiger partial charge is 0.289 e. The van der Waals surface area contributed by atoms with Crippen molar-refractivity contribution in [1.29, 1.82) is 0 Å². The highest BCUT2D eigenvalue weighted by atomic mass is 32.2. The van der Waals surface area contributed by atoms with Crippen LogP contribution >= 0.6 is 0 Å². The van der Waals surface area contributed by atoms with E-state index < -0.39 is 35.6 Å². The van der Waals surface area contributed by atoms with Crippen LogP contribution in [0.4, 0.5) is 5.69 Å². The van der Waals surface area contributed by atoms with E-state index in [0.717, 1.165) is 12.1 Å². The lowest BCUT2D eigenvalue weighted by Gasteiger charge is -1.98. The Labute approximate surface area is 132 Å². The molecule has 0 spiro atoms. The number of sulfonamides is 2. The van der Waals surface area contributed by atoms with Gasteiger partial charge >= 0.3 is 0 Å². The Morgan fingerprint density at radius 1 is 0.783 bits per heavy atom. The molecule has 124 valence electrons. The topological polar surface area (TPSA) is 163 Å². The Hall–Kier alpha value is -2.34. The molecule has 0 saturated heterocycles. The number of para-hydroxylation sites is 1. The minimum absolute atomic E-state index is 0.148. The maximum Gasteiger partial charge on any atom is 0.289 e. The molecule has 0 heterocycles. The van der Waals surface area contributed by atoms with Crippen molar-refractivity contribution in [2.75, 3.05) is 0 Å². The summed E-state index contributed by atoms with van der Waals surface area (Å²) in [5.41, 5.74) is -0.509. The molecular weight excluding hydrogens is 346 g/mol. The third-order valence-electron chi connectivity index (χ3n) is 2.44. The first kappa shape index (κ1) is 18.7. The molecule has 0 fully saturated rings. The average Bonchev–Trinajstić information content (AvgIpc) is 2.47. The summed E-state index contributed by atoms with van der Waals surface area (Å²) in [6, 6.07) is 12.8. The fraction of sp³-hybridized carbons (Fsp3) is 0. The second-order valence-corrected chi connectivity index (χ2v) is 7.22. The fourth-order valence-corrected chi connectivity index (χ4v) is 2.70. The van der Waals surface area contributed by atoms with E-state index in [4.69, 9.17) is 10.3 Å². The molecule has 2 aromatic carbocycles. The van der Waals surface area contributed by atoms with E-state index in [0.29, 0.717) is 0 Å². The van der Waals surface area contributed by atoms with Crippen LogP contribution in [0.5, 0.6) is 0 Å². The summed E-state index contributed by atoms with van der Waals surface area (Å²) in [5, 5.41) is 19.9. The molecule has 4 N–H and O–H groups in total. The van der Waals surface area contributed by atoms with Crippen LogP contribution in [0.3, 0.4) is 0 Å². The van der Waals surface area contributed by atoms with Gasteiger partial charge < -0.3 is 0 Å². The first-order chi connectivity index (χ1) is 10.5. The summed E-state index contributed by atoms with van der Waals surface area (Å²) in [6.45, 7) is 0. The van der Waals surface area contributed by atoms with Gasteiger partial charge in [-0.2, -0.15) is 0 Å². The van der Waals surface area contributed by atoms with Crippen molar-refractivity contribution in [2.45, 2.75) is 9.79 Å². The first-order valence-corrected chi connectivity index (χ1v) is 8.97. The summed E-state index contributed by atoms with van der Waals surface area (Å²) in [5.74, 6) is 0. The zero-order chi connectivity index (χ0) is 17.7. The number of nitro benzene ring substituents is 1. The van der Waals surface area contributed by atoms with Crippen molar-refractivity contribution in [3.63, 3.8) is 0 Å². The van der Waals surface area contributed by atoms with E-state index in [-0.39, 0.29) is 4.90 Å². The monoisotopic (exact) mass is 359 g/mol. The van der Waals surface area contributed by atoms with Gasteiger partial charge in [-0.05, 0) is 18.2 Å². The van der Waals surface area contributed by atoms with Crippen molar-refractivity contribution in [2.24, 2.45) is 10.3 Å². The van der Waals surface area contributed by atoms with Crippen LogP contribution in [-0.4, -0.2) is 21.8 Å². The van der Waals surface area contributed by atoms with Crippen molar-refractivity contribution >= 4 is 25.7 Å². The maximum absolute atomic E-state index is 10.8.